The van der Waals surface area contributed by atoms with Crippen LogP contribution in [-0.4, -0.2) is 20.5 Å². The summed E-state index contributed by atoms with van der Waals surface area (Å²) in [6.45, 7) is 1.26. The van der Waals surface area contributed by atoms with Crippen LogP contribution in [-0.2, 0) is 18.0 Å². The second-order valence-electron chi connectivity index (χ2n) is 5.34. The van der Waals surface area contributed by atoms with Crippen molar-refractivity contribution < 1.29 is 27.1 Å². The first kappa shape index (κ1) is 21.0. The van der Waals surface area contributed by atoms with Crippen LogP contribution >= 0.6 is 23.2 Å². The van der Waals surface area contributed by atoms with Crippen LogP contribution in [0.15, 0.2) is 27.8 Å². The van der Waals surface area contributed by atoms with E-state index < -0.39 is 46.0 Å². The number of benzene rings is 1. The van der Waals surface area contributed by atoms with Gasteiger partial charge in [0.1, 0.15) is 17.3 Å². The maximum absolute atomic E-state index is 14.3. The van der Waals surface area contributed by atoms with Gasteiger partial charge in [0.05, 0.1) is 10.7 Å². The van der Waals surface area contributed by atoms with Crippen LogP contribution in [0, 0.1) is 5.82 Å². The molecule has 27 heavy (non-hydrogen) atoms. The van der Waals surface area contributed by atoms with Gasteiger partial charge in [0.25, 0.3) is 10.8 Å². The molecule has 2 rings (SSSR count). The van der Waals surface area contributed by atoms with Crippen LogP contribution in [0.2, 0.25) is 5.02 Å². The van der Waals surface area contributed by atoms with Crippen molar-refractivity contribution in [1.29, 1.82) is 0 Å². The summed E-state index contributed by atoms with van der Waals surface area (Å²) >= 11 is 11.0. The molecule has 0 N–H and O–H groups in total. The van der Waals surface area contributed by atoms with Crippen molar-refractivity contribution in [2.24, 2.45) is 7.05 Å². The number of carbonyl (C=O) groups excluding carboxylic acids is 1. The molecule has 146 valence electrons. The number of carbonyl (C=O) groups is 1. The third-order valence-corrected chi connectivity index (χ3v) is 4.08. The van der Waals surface area contributed by atoms with Crippen molar-refractivity contribution in [3.8, 4) is 11.4 Å². The number of ether oxygens (including phenoxy) is 1. The first-order valence-electron chi connectivity index (χ1n) is 7.10. The normalized spacial score (nSPS) is 12.7. The van der Waals surface area contributed by atoms with Gasteiger partial charge in [-0.05, 0) is 24.6 Å². The molecule has 1 aromatic heterocycles. The summed E-state index contributed by atoms with van der Waals surface area (Å²) in [5.74, 6) is -1.47. The summed E-state index contributed by atoms with van der Waals surface area (Å²) < 4.78 is 58.4. The number of aromatic nitrogens is 2. The summed E-state index contributed by atoms with van der Waals surface area (Å²) in [4.78, 5) is 35.4. The monoisotopic (exact) mass is 428 g/mol. The zero-order valence-corrected chi connectivity index (χ0v) is 15.1. The fourth-order valence-electron chi connectivity index (χ4n) is 2.14. The van der Waals surface area contributed by atoms with E-state index in [9.17, 15) is 31.9 Å². The lowest BCUT2D eigenvalue weighted by molar-refractivity contribution is -0.144. The SMILES string of the molecule is CC(Oc1cc(-n2c(=O)cc(C(F)(F)F)n(C)c2=O)c(F)cc1Cl)C(=O)Cl. The molecule has 0 saturated carbocycles. The summed E-state index contributed by atoms with van der Waals surface area (Å²) in [5.41, 5.74) is -5.06. The smallest absolute Gasteiger partial charge is 0.431 e. The zero-order chi connectivity index (χ0) is 20.7. The van der Waals surface area contributed by atoms with E-state index in [2.05, 4.69) is 0 Å². The summed E-state index contributed by atoms with van der Waals surface area (Å²) in [5, 5.41) is -1.21. The van der Waals surface area contributed by atoms with Crippen molar-refractivity contribution in [2.75, 3.05) is 0 Å². The van der Waals surface area contributed by atoms with E-state index in [0.29, 0.717) is 6.07 Å². The van der Waals surface area contributed by atoms with Crippen molar-refractivity contribution in [2.45, 2.75) is 19.2 Å². The molecule has 0 saturated heterocycles. The van der Waals surface area contributed by atoms with Crippen LogP contribution < -0.4 is 16.0 Å². The molecule has 1 heterocycles. The van der Waals surface area contributed by atoms with Gasteiger partial charge in [-0.3, -0.25) is 14.2 Å². The Hall–Kier alpha value is -2.33. The largest absolute Gasteiger partial charge is 0.480 e. The second kappa shape index (κ2) is 7.35. The average Bonchev–Trinajstić information content (AvgIpc) is 2.53. The number of hydrogen-bond acceptors (Lipinski definition) is 4. The van der Waals surface area contributed by atoms with Gasteiger partial charge in [0.2, 0.25) is 0 Å². The quantitative estimate of drug-likeness (QED) is 0.554. The molecule has 0 radical (unpaired) electrons. The van der Waals surface area contributed by atoms with E-state index in [0.717, 1.165) is 13.1 Å². The fraction of sp³-hybridized carbons (Fsp3) is 0.267. The predicted octanol–water partition coefficient (Wildman–Crippen LogP) is 2.88. The third-order valence-electron chi connectivity index (χ3n) is 3.48. The Morgan fingerprint density at radius 2 is 1.81 bits per heavy atom. The molecule has 0 bridgehead atoms. The van der Waals surface area contributed by atoms with Crippen molar-refractivity contribution in [1.82, 2.24) is 9.13 Å². The lowest BCUT2D eigenvalue weighted by atomic mass is 10.2. The minimum absolute atomic E-state index is 0.154. The first-order valence-corrected chi connectivity index (χ1v) is 7.86. The van der Waals surface area contributed by atoms with E-state index in [4.69, 9.17) is 27.9 Å². The van der Waals surface area contributed by atoms with E-state index in [1.165, 1.54) is 6.92 Å². The van der Waals surface area contributed by atoms with Crippen LogP contribution in [0.25, 0.3) is 5.69 Å². The van der Waals surface area contributed by atoms with E-state index in [1.54, 1.807) is 0 Å². The molecule has 0 aliphatic heterocycles. The van der Waals surface area contributed by atoms with Gasteiger partial charge >= 0.3 is 11.9 Å². The predicted molar refractivity (Wildman–Crippen MR) is 88.2 cm³/mol. The minimum atomic E-state index is -4.96. The Kier molecular flexibility index (Phi) is 5.71. The topological polar surface area (TPSA) is 70.3 Å². The van der Waals surface area contributed by atoms with Crippen LogP contribution in [0.1, 0.15) is 12.6 Å². The number of hydrogen-bond donors (Lipinski definition) is 0. The highest BCUT2D eigenvalue weighted by molar-refractivity contribution is 6.64. The van der Waals surface area contributed by atoms with Gasteiger partial charge in [-0.25, -0.2) is 13.8 Å². The molecule has 6 nitrogen and oxygen atoms in total. The molecule has 12 heteroatoms. The Bertz CT molecular complexity index is 1030. The maximum Gasteiger partial charge on any atom is 0.431 e. The number of rotatable bonds is 4. The molecule has 1 atom stereocenters. The van der Waals surface area contributed by atoms with Crippen molar-refractivity contribution in [3.63, 3.8) is 0 Å². The Labute approximate surface area is 158 Å². The van der Waals surface area contributed by atoms with E-state index in [-0.39, 0.29) is 26.0 Å². The van der Waals surface area contributed by atoms with Crippen LogP contribution in [0.3, 0.4) is 0 Å². The standard InChI is InChI=1S/C15H10Cl2F4N2O4/c1-6(13(17)25)27-10-4-9(8(18)3-7(10)16)23-12(24)5-11(15(19,20)21)22(2)14(23)26/h3-6H,1-2H3. The number of halogens is 6. The van der Waals surface area contributed by atoms with Gasteiger partial charge in [0, 0.05) is 19.2 Å². The van der Waals surface area contributed by atoms with Gasteiger partial charge in [-0.2, -0.15) is 13.2 Å². The zero-order valence-electron chi connectivity index (χ0n) is 13.6. The fourth-order valence-corrected chi connectivity index (χ4v) is 2.38. The first-order chi connectivity index (χ1) is 12.3. The van der Waals surface area contributed by atoms with Crippen molar-refractivity contribution >= 4 is 28.4 Å². The van der Waals surface area contributed by atoms with Gasteiger partial charge in [-0.1, -0.05) is 11.6 Å². The molecule has 0 amide bonds. The Morgan fingerprint density at radius 3 is 2.33 bits per heavy atom. The Balaban J connectivity index is 2.73. The molecule has 1 aromatic carbocycles. The molecule has 0 spiro atoms. The third kappa shape index (κ3) is 4.16. The van der Waals surface area contributed by atoms with Crippen LogP contribution in [0.5, 0.6) is 5.75 Å². The van der Waals surface area contributed by atoms with Crippen LogP contribution in [0.4, 0.5) is 17.6 Å². The van der Waals surface area contributed by atoms with Gasteiger partial charge in [0.15, 0.2) is 6.10 Å². The minimum Gasteiger partial charge on any atom is -0.480 e. The molecular weight excluding hydrogens is 419 g/mol. The highest BCUT2D eigenvalue weighted by Crippen LogP contribution is 2.31. The summed E-state index contributed by atoms with van der Waals surface area (Å²) in [6.07, 6.45) is -6.16. The lowest BCUT2D eigenvalue weighted by Crippen LogP contribution is -2.41. The highest BCUT2D eigenvalue weighted by Gasteiger charge is 2.35. The second-order valence-corrected chi connectivity index (χ2v) is 6.12. The van der Waals surface area contributed by atoms with Gasteiger partial charge in [-0.15, -0.1) is 0 Å². The summed E-state index contributed by atoms with van der Waals surface area (Å²) in [6, 6.07) is 1.64. The Morgan fingerprint density at radius 1 is 1.22 bits per heavy atom. The molecule has 0 aliphatic carbocycles. The summed E-state index contributed by atoms with van der Waals surface area (Å²) in [7, 11) is 0.778. The van der Waals surface area contributed by atoms with Crippen molar-refractivity contribution in [3.05, 3.63) is 55.6 Å². The number of nitrogens with zero attached hydrogens (tertiary/aromatic N) is 2. The van der Waals surface area contributed by atoms with E-state index >= 15 is 0 Å². The highest BCUT2D eigenvalue weighted by atomic mass is 35.5. The number of alkyl halides is 3. The molecular formula is C15H10Cl2F4N2O4. The molecule has 1 unspecified atom stereocenters. The maximum atomic E-state index is 14.3. The van der Waals surface area contributed by atoms with E-state index in [1.807, 2.05) is 0 Å². The van der Waals surface area contributed by atoms with Gasteiger partial charge < -0.3 is 4.74 Å². The average molecular weight is 429 g/mol. The molecule has 0 fully saturated rings. The molecule has 0 aliphatic rings. The molecule has 2 aromatic rings. The lowest BCUT2D eigenvalue weighted by Gasteiger charge is -2.16.